The van der Waals surface area contributed by atoms with E-state index >= 15 is 0 Å². The SMILES string of the molecule is CCN(C(=O)c1nc(-c2ccc(C)cc2)n2c1CCCCC2)c1cccc(Cl)c1. The van der Waals surface area contributed by atoms with Crippen LogP contribution in [0.2, 0.25) is 5.02 Å². The zero-order chi connectivity index (χ0) is 20.4. The summed E-state index contributed by atoms with van der Waals surface area (Å²) < 4.78 is 2.26. The van der Waals surface area contributed by atoms with E-state index in [9.17, 15) is 4.79 Å². The lowest BCUT2D eigenvalue weighted by molar-refractivity contribution is 0.0983. The molecule has 0 atom stereocenters. The summed E-state index contributed by atoms with van der Waals surface area (Å²) in [6.45, 7) is 5.52. The molecule has 0 saturated carbocycles. The Morgan fingerprint density at radius 1 is 1.14 bits per heavy atom. The van der Waals surface area contributed by atoms with Crippen LogP contribution in [0.3, 0.4) is 0 Å². The number of aryl methyl sites for hydroxylation is 1. The molecule has 1 amide bonds. The summed E-state index contributed by atoms with van der Waals surface area (Å²) >= 11 is 6.17. The summed E-state index contributed by atoms with van der Waals surface area (Å²) in [4.78, 5) is 20.2. The molecule has 1 aliphatic rings. The number of hydrogen-bond acceptors (Lipinski definition) is 2. The van der Waals surface area contributed by atoms with Crippen molar-refractivity contribution in [1.29, 1.82) is 0 Å². The van der Waals surface area contributed by atoms with Gasteiger partial charge in [-0.05, 0) is 51.3 Å². The molecule has 4 rings (SSSR count). The van der Waals surface area contributed by atoms with E-state index in [1.807, 2.05) is 31.2 Å². The third-order valence-electron chi connectivity index (χ3n) is 5.56. The fraction of sp³-hybridized carbons (Fsp3) is 0.333. The smallest absolute Gasteiger partial charge is 0.278 e. The normalized spacial score (nSPS) is 13.6. The van der Waals surface area contributed by atoms with Gasteiger partial charge in [0.1, 0.15) is 5.82 Å². The minimum atomic E-state index is -0.0567. The van der Waals surface area contributed by atoms with Gasteiger partial charge in [0, 0.05) is 29.4 Å². The first-order valence-electron chi connectivity index (χ1n) is 10.3. The Hall–Kier alpha value is -2.59. The highest BCUT2D eigenvalue weighted by molar-refractivity contribution is 6.31. The van der Waals surface area contributed by atoms with Gasteiger partial charge >= 0.3 is 0 Å². The van der Waals surface area contributed by atoms with Crippen molar-refractivity contribution >= 4 is 23.2 Å². The summed E-state index contributed by atoms with van der Waals surface area (Å²) in [5.74, 6) is 0.839. The Bertz CT molecular complexity index is 1020. The second-order valence-electron chi connectivity index (χ2n) is 7.59. The molecule has 3 aromatic rings. The molecule has 2 heterocycles. The third-order valence-corrected chi connectivity index (χ3v) is 5.80. The van der Waals surface area contributed by atoms with Crippen LogP contribution < -0.4 is 4.90 Å². The predicted molar refractivity (Wildman–Crippen MR) is 119 cm³/mol. The first kappa shape index (κ1) is 19.7. The molecule has 29 heavy (non-hydrogen) atoms. The molecular formula is C24H26ClN3O. The maximum atomic E-state index is 13.6. The topological polar surface area (TPSA) is 38.1 Å². The molecular weight excluding hydrogens is 382 g/mol. The molecule has 0 fully saturated rings. The molecule has 0 radical (unpaired) electrons. The average molecular weight is 408 g/mol. The van der Waals surface area contributed by atoms with Crippen molar-refractivity contribution in [2.24, 2.45) is 0 Å². The van der Waals surface area contributed by atoms with Gasteiger partial charge in [-0.3, -0.25) is 4.79 Å². The van der Waals surface area contributed by atoms with Crippen LogP contribution in [0, 0.1) is 6.92 Å². The molecule has 0 saturated heterocycles. The highest BCUT2D eigenvalue weighted by Gasteiger charge is 2.27. The quantitative estimate of drug-likeness (QED) is 0.539. The van der Waals surface area contributed by atoms with Gasteiger partial charge in [-0.1, -0.05) is 53.9 Å². The van der Waals surface area contributed by atoms with Crippen molar-refractivity contribution in [3.05, 3.63) is 70.5 Å². The second kappa shape index (κ2) is 8.42. The fourth-order valence-electron chi connectivity index (χ4n) is 4.03. The summed E-state index contributed by atoms with van der Waals surface area (Å²) in [6.07, 6.45) is 4.26. The molecule has 0 aliphatic carbocycles. The van der Waals surface area contributed by atoms with Crippen LogP contribution in [0.25, 0.3) is 11.4 Å². The van der Waals surface area contributed by atoms with Crippen LogP contribution in [0.5, 0.6) is 0 Å². The van der Waals surface area contributed by atoms with Crippen LogP contribution in [0.15, 0.2) is 48.5 Å². The summed E-state index contributed by atoms with van der Waals surface area (Å²) in [5.41, 5.74) is 4.71. The van der Waals surface area contributed by atoms with Crippen molar-refractivity contribution in [3.63, 3.8) is 0 Å². The Labute approximate surface area is 177 Å². The number of nitrogens with zero attached hydrogens (tertiary/aromatic N) is 3. The largest absolute Gasteiger partial charge is 0.327 e. The average Bonchev–Trinajstić information content (AvgIpc) is 2.90. The number of imidazole rings is 1. The van der Waals surface area contributed by atoms with Gasteiger partial charge in [-0.15, -0.1) is 0 Å². The molecule has 0 unspecified atom stereocenters. The number of amides is 1. The van der Waals surface area contributed by atoms with E-state index in [0.717, 1.165) is 48.6 Å². The van der Waals surface area contributed by atoms with E-state index in [4.69, 9.17) is 16.6 Å². The van der Waals surface area contributed by atoms with Gasteiger partial charge in [0.05, 0.1) is 5.69 Å². The number of aromatic nitrogens is 2. The minimum Gasteiger partial charge on any atom is -0.327 e. The van der Waals surface area contributed by atoms with Crippen molar-refractivity contribution < 1.29 is 4.79 Å². The monoisotopic (exact) mass is 407 g/mol. The molecule has 1 aromatic heterocycles. The lowest BCUT2D eigenvalue weighted by Gasteiger charge is -2.21. The van der Waals surface area contributed by atoms with Gasteiger partial charge in [-0.2, -0.15) is 0 Å². The van der Waals surface area contributed by atoms with Crippen molar-refractivity contribution in [2.45, 2.75) is 46.1 Å². The summed E-state index contributed by atoms with van der Waals surface area (Å²) in [6, 6.07) is 15.8. The van der Waals surface area contributed by atoms with E-state index in [-0.39, 0.29) is 5.91 Å². The lowest BCUT2D eigenvalue weighted by atomic mass is 10.1. The fourth-order valence-corrected chi connectivity index (χ4v) is 4.21. The van der Waals surface area contributed by atoms with Gasteiger partial charge < -0.3 is 9.47 Å². The molecule has 0 N–H and O–H groups in total. The molecule has 1 aliphatic heterocycles. The van der Waals surface area contributed by atoms with Crippen LogP contribution in [-0.2, 0) is 13.0 Å². The van der Waals surface area contributed by atoms with Gasteiger partial charge in [0.2, 0.25) is 0 Å². The molecule has 2 aromatic carbocycles. The van der Waals surface area contributed by atoms with Gasteiger partial charge in [-0.25, -0.2) is 4.98 Å². The Balaban J connectivity index is 1.80. The van der Waals surface area contributed by atoms with Crippen LogP contribution >= 0.6 is 11.6 Å². The lowest BCUT2D eigenvalue weighted by Crippen LogP contribution is -2.31. The van der Waals surface area contributed by atoms with Gasteiger partial charge in [0.15, 0.2) is 5.69 Å². The maximum Gasteiger partial charge on any atom is 0.278 e. The highest BCUT2D eigenvalue weighted by Crippen LogP contribution is 2.29. The van der Waals surface area contributed by atoms with E-state index in [1.54, 1.807) is 4.90 Å². The molecule has 150 valence electrons. The van der Waals surface area contributed by atoms with Crippen LogP contribution in [0.4, 0.5) is 5.69 Å². The second-order valence-corrected chi connectivity index (χ2v) is 8.02. The number of carbonyl (C=O) groups is 1. The maximum absolute atomic E-state index is 13.6. The Morgan fingerprint density at radius 2 is 1.93 bits per heavy atom. The van der Waals surface area contributed by atoms with E-state index < -0.39 is 0 Å². The minimum absolute atomic E-state index is 0.0567. The zero-order valence-electron chi connectivity index (χ0n) is 17.0. The molecule has 0 bridgehead atoms. The third kappa shape index (κ3) is 3.95. The predicted octanol–water partition coefficient (Wildman–Crippen LogP) is 5.91. The van der Waals surface area contributed by atoms with Gasteiger partial charge in [0.25, 0.3) is 5.91 Å². The molecule has 4 nitrogen and oxygen atoms in total. The zero-order valence-corrected chi connectivity index (χ0v) is 17.7. The Kier molecular flexibility index (Phi) is 5.72. The number of hydrogen-bond donors (Lipinski definition) is 0. The van der Waals surface area contributed by atoms with E-state index in [1.165, 1.54) is 12.0 Å². The first-order chi connectivity index (χ1) is 14.1. The van der Waals surface area contributed by atoms with Crippen LogP contribution in [-0.4, -0.2) is 22.0 Å². The number of carbonyl (C=O) groups excluding carboxylic acids is 1. The van der Waals surface area contributed by atoms with Crippen molar-refractivity contribution in [2.75, 3.05) is 11.4 Å². The first-order valence-corrected chi connectivity index (χ1v) is 10.7. The van der Waals surface area contributed by atoms with E-state index in [2.05, 4.69) is 35.8 Å². The summed E-state index contributed by atoms with van der Waals surface area (Å²) in [7, 11) is 0. The summed E-state index contributed by atoms with van der Waals surface area (Å²) in [5, 5.41) is 0.623. The van der Waals surface area contributed by atoms with E-state index in [0.29, 0.717) is 17.3 Å². The molecule has 0 spiro atoms. The molecule has 5 heteroatoms. The number of halogens is 1. The standard InChI is InChI=1S/C24H26ClN3O/c1-3-27(20-9-7-8-19(25)16-20)24(29)22-21-10-5-4-6-15-28(21)23(26-22)18-13-11-17(2)12-14-18/h7-9,11-14,16H,3-6,10,15H2,1-2H3. The van der Waals surface area contributed by atoms with Crippen molar-refractivity contribution in [3.8, 4) is 11.4 Å². The van der Waals surface area contributed by atoms with Crippen LogP contribution in [0.1, 0.15) is 47.9 Å². The number of benzene rings is 2. The van der Waals surface area contributed by atoms with Crippen molar-refractivity contribution in [1.82, 2.24) is 9.55 Å². The number of anilines is 1. The Morgan fingerprint density at radius 3 is 2.66 bits per heavy atom. The number of fused-ring (bicyclic) bond motifs is 1. The number of rotatable bonds is 4. The highest BCUT2D eigenvalue weighted by atomic mass is 35.5.